The summed E-state index contributed by atoms with van der Waals surface area (Å²) in [6, 6.07) is 2.58. The number of H-pyrrole nitrogens is 1. The number of aliphatic imine (C=N–C) groups is 1. The first-order valence-corrected chi connectivity index (χ1v) is 10.6. The van der Waals surface area contributed by atoms with Crippen molar-refractivity contribution >= 4 is 23.2 Å². The summed E-state index contributed by atoms with van der Waals surface area (Å²) in [6.45, 7) is 1.25. The van der Waals surface area contributed by atoms with Gasteiger partial charge in [-0.2, -0.15) is 13.2 Å². The Morgan fingerprint density at radius 2 is 1.91 bits per heavy atom. The van der Waals surface area contributed by atoms with Crippen LogP contribution in [0.3, 0.4) is 0 Å². The highest BCUT2D eigenvalue weighted by Gasteiger charge is 2.39. The SMILES string of the molecule is C[C@@H]1N=C(c2[nH]c(=O)ccc2F)c2c(ccc(C(F)(F)F)c2Cl)-n2nc(C(=O)N3CC(F)C3)nc21. The Bertz CT molecular complexity index is 1460. The topological polar surface area (TPSA) is 96.2 Å². The normalized spacial score (nSPS) is 17.9. The van der Waals surface area contributed by atoms with Crippen LogP contribution in [0.5, 0.6) is 0 Å². The summed E-state index contributed by atoms with van der Waals surface area (Å²) in [7, 11) is 0. The van der Waals surface area contributed by atoms with Crippen LogP contribution >= 0.6 is 11.6 Å². The zero-order valence-electron chi connectivity index (χ0n) is 17.7. The fourth-order valence-corrected chi connectivity index (χ4v) is 4.27. The maximum Gasteiger partial charge on any atom is 0.417 e. The monoisotopic (exact) mass is 512 g/mol. The number of aromatic nitrogens is 4. The third-order valence-electron chi connectivity index (χ3n) is 5.64. The van der Waals surface area contributed by atoms with Crippen LogP contribution in [0, 0.1) is 5.82 Å². The Labute approximate surface area is 198 Å². The number of fused-ring (bicyclic) bond motifs is 3. The average molecular weight is 513 g/mol. The predicted molar refractivity (Wildman–Crippen MR) is 113 cm³/mol. The zero-order chi connectivity index (χ0) is 25.2. The smallest absolute Gasteiger partial charge is 0.330 e. The first kappa shape index (κ1) is 23.1. The standard InChI is InChI=1S/C21H14ClF5N6O2/c1-8-19-30-18(20(35)32-6-9(23)7-32)31-33(19)12-4-2-10(21(25,26)27)15(22)14(12)17(28-8)16-11(24)3-5-13(34)29-16/h2-5,8-9H,6-7H2,1H3,(H,29,34)/t8-/m0/s1. The molecule has 1 fully saturated rings. The molecule has 0 unspecified atom stereocenters. The Balaban J connectivity index is 1.76. The van der Waals surface area contributed by atoms with Gasteiger partial charge < -0.3 is 9.88 Å². The minimum atomic E-state index is -4.86. The van der Waals surface area contributed by atoms with Crippen molar-refractivity contribution in [1.29, 1.82) is 0 Å². The Hall–Kier alpha value is -3.61. The summed E-state index contributed by atoms with van der Waals surface area (Å²) in [5.74, 6) is -1.86. The molecule has 0 saturated carbocycles. The van der Waals surface area contributed by atoms with Crippen LogP contribution in [-0.2, 0) is 6.18 Å². The number of benzene rings is 1. The zero-order valence-corrected chi connectivity index (χ0v) is 18.5. The summed E-state index contributed by atoms with van der Waals surface area (Å²) in [6.07, 6.45) is -6.02. The van der Waals surface area contributed by atoms with E-state index in [1.54, 1.807) is 0 Å². The van der Waals surface area contributed by atoms with Gasteiger partial charge in [-0.1, -0.05) is 11.6 Å². The van der Waals surface area contributed by atoms with Crippen molar-refractivity contribution in [3.8, 4) is 5.69 Å². The molecule has 1 saturated heterocycles. The van der Waals surface area contributed by atoms with Crippen molar-refractivity contribution in [2.75, 3.05) is 13.1 Å². The number of pyridine rings is 1. The first-order valence-electron chi connectivity index (χ1n) is 10.2. The van der Waals surface area contributed by atoms with E-state index in [0.717, 1.165) is 28.9 Å². The van der Waals surface area contributed by atoms with Gasteiger partial charge in [0.15, 0.2) is 5.82 Å². The van der Waals surface area contributed by atoms with E-state index in [0.29, 0.717) is 0 Å². The second-order valence-electron chi connectivity index (χ2n) is 8.03. The number of carbonyl (C=O) groups is 1. The summed E-state index contributed by atoms with van der Waals surface area (Å²) in [4.78, 5) is 36.5. The maximum absolute atomic E-state index is 14.7. The van der Waals surface area contributed by atoms with Gasteiger partial charge in [0.2, 0.25) is 11.4 Å². The summed E-state index contributed by atoms with van der Waals surface area (Å²) >= 11 is 6.21. The average Bonchev–Trinajstić information content (AvgIpc) is 3.17. The molecular formula is C21H14ClF5N6O2. The molecule has 0 bridgehead atoms. The van der Waals surface area contributed by atoms with Crippen LogP contribution in [-0.4, -0.2) is 55.5 Å². The van der Waals surface area contributed by atoms with E-state index in [1.807, 2.05) is 0 Å². The van der Waals surface area contributed by atoms with Crippen LogP contribution < -0.4 is 5.56 Å². The fourth-order valence-electron chi connectivity index (χ4n) is 3.92. The summed E-state index contributed by atoms with van der Waals surface area (Å²) in [5.41, 5.74) is -3.17. The molecule has 0 aliphatic carbocycles. The lowest BCUT2D eigenvalue weighted by Crippen LogP contribution is -2.51. The number of likely N-dealkylation sites (tertiary alicyclic amines) is 1. The number of nitrogens with one attached hydrogen (secondary N) is 1. The second kappa shape index (κ2) is 7.97. The van der Waals surface area contributed by atoms with E-state index in [1.165, 1.54) is 11.8 Å². The van der Waals surface area contributed by atoms with Gasteiger partial charge >= 0.3 is 6.18 Å². The molecule has 182 valence electrons. The molecule has 1 aromatic carbocycles. The highest BCUT2D eigenvalue weighted by Crippen LogP contribution is 2.41. The number of nitrogens with zero attached hydrogens (tertiary/aromatic N) is 5. The molecule has 14 heteroatoms. The van der Waals surface area contributed by atoms with Crippen LogP contribution in [0.2, 0.25) is 5.02 Å². The van der Waals surface area contributed by atoms with E-state index in [4.69, 9.17) is 11.6 Å². The van der Waals surface area contributed by atoms with Crippen molar-refractivity contribution < 1.29 is 26.7 Å². The molecule has 35 heavy (non-hydrogen) atoms. The van der Waals surface area contributed by atoms with Gasteiger partial charge in [-0.3, -0.25) is 14.6 Å². The van der Waals surface area contributed by atoms with Crippen molar-refractivity contribution in [1.82, 2.24) is 24.6 Å². The van der Waals surface area contributed by atoms with Crippen molar-refractivity contribution in [3.63, 3.8) is 0 Å². The van der Waals surface area contributed by atoms with Crippen molar-refractivity contribution in [2.24, 2.45) is 4.99 Å². The van der Waals surface area contributed by atoms with Crippen molar-refractivity contribution in [3.05, 3.63) is 73.9 Å². The maximum atomic E-state index is 14.7. The van der Waals surface area contributed by atoms with Gasteiger partial charge in [0.05, 0.1) is 35.1 Å². The largest absolute Gasteiger partial charge is 0.417 e. The molecule has 1 N–H and O–H groups in total. The van der Waals surface area contributed by atoms with Gasteiger partial charge in [0.1, 0.15) is 23.7 Å². The quantitative estimate of drug-likeness (QED) is 0.532. The van der Waals surface area contributed by atoms with E-state index < -0.39 is 52.0 Å². The van der Waals surface area contributed by atoms with E-state index >= 15 is 0 Å². The Morgan fingerprint density at radius 3 is 2.57 bits per heavy atom. The molecule has 1 amide bonds. The number of alkyl halides is 4. The van der Waals surface area contributed by atoms with Gasteiger partial charge in [0.25, 0.3) is 5.91 Å². The Kier molecular flexibility index (Phi) is 5.27. The van der Waals surface area contributed by atoms with Crippen LogP contribution in [0.15, 0.2) is 34.1 Å². The molecule has 2 aliphatic rings. The molecular weight excluding hydrogens is 499 g/mol. The number of carbonyl (C=O) groups excluding carboxylic acids is 1. The third-order valence-corrected chi connectivity index (χ3v) is 6.03. The Morgan fingerprint density at radius 1 is 1.20 bits per heavy atom. The number of amides is 1. The van der Waals surface area contributed by atoms with Gasteiger partial charge in [-0.25, -0.2) is 18.4 Å². The predicted octanol–water partition coefficient (Wildman–Crippen LogP) is 3.47. The summed E-state index contributed by atoms with van der Waals surface area (Å²) < 4.78 is 70.0. The molecule has 4 heterocycles. The summed E-state index contributed by atoms with van der Waals surface area (Å²) in [5, 5.41) is 3.34. The lowest BCUT2D eigenvalue weighted by Gasteiger charge is -2.33. The minimum absolute atomic E-state index is 0.0523. The van der Waals surface area contributed by atoms with E-state index in [-0.39, 0.29) is 41.7 Å². The van der Waals surface area contributed by atoms with Gasteiger partial charge in [-0.05, 0) is 25.1 Å². The van der Waals surface area contributed by atoms with Crippen LogP contribution in [0.25, 0.3) is 5.69 Å². The van der Waals surface area contributed by atoms with Gasteiger partial charge in [0, 0.05) is 11.6 Å². The highest BCUT2D eigenvalue weighted by atomic mass is 35.5. The lowest BCUT2D eigenvalue weighted by molar-refractivity contribution is -0.137. The first-order chi connectivity index (χ1) is 16.5. The molecule has 2 aromatic heterocycles. The number of rotatable bonds is 2. The number of hydrogen-bond donors (Lipinski definition) is 1. The highest BCUT2D eigenvalue weighted by molar-refractivity contribution is 6.37. The molecule has 8 nitrogen and oxygen atoms in total. The van der Waals surface area contributed by atoms with Crippen LogP contribution in [0.4, 0.5) is 22.0 Å². The number of hydrogen-bond acceptors (Lipinski definition) is 5. The third kappa shape index (κ3) is 3.79. The fraction of sp³-hybridized carbons (Fsp3) is 0.286. The molecule has 5 rings (SSSR count). The minimum Gasteiger partial charge on any atom is -0.330 e. The number of aromatic amines is 1. The number of halogens is 6. The van der Waals surface area contributed by atoms with Crippen molar-refractivity contribution in [2.45, 2.75) is 25.3 Å². The van der Waals surface area contributed by atoms with Gasteiger partial charge in [-0.15, -0.1) is 5.10 Å². The van der Waals surface area contributed by atoms with Crippen LogP contribution in [0.1, 0.15) is 46.2 Å². The lowest BCUT2D eigenvalue weighted by atomic mass is 10.0. The molecule has 2 aliphatic heterocycles. The molecule has 0 radical (unpaired) electrons. The molecule has 0 spiro atoms. The molecule has 1 atom stereocenters. The molecule has 3 aromatic rings. The van der Waals surface area contributed by atoms with E-state index in [2.05, 4.69) is 20.1 Å². The van der Waals surface area contributed by atoms with E-state index in [9.17, 15) is 31.5 Å². The second-order valence-corrected chi connectivity index (χ2v) is 8.41.